The van der Waals surface area contributed by atoms with Crippen LogP contribution in [0.3, 0.4) is 0 Å². The quantitative estimate of drug-likeness (QED) is 0.375. The van der Waals surface area contributed by atoms with Crippen LogP contribution in [-0.4, -0.2) is 16.3 Å². The molecule has 2 N–H and O–H groups in total. The van der Waals surface area contributed by atoms with E-state index in [0.29, 0.717) is 17.2 Å². The first-order valence-corrected chi connectivity index (χ1v) is 7.39. The molecule has 0 aliphatic rings. The van der Waals surface area contributed by atoms with Crippen molar-refractivity contribution >= 4 is 40.8 Å². The Bertz CT molecular complexity index is 738. The fraction of sp³-hybridized carbons (Fsp3) is 0.0667. The van der Waals surface area contributed by atoms with Gasteiger partial charge in [-0.05, 0) is 23.8 Å². The lowest BCUT2D eigenvalue weighted by molar-refractivity contribution is -0.384. The smallest absolute Gasteiger partial charge is 0.288 e. The Morgan fingerprint density at radius 1 is 1.30 bits per heavy atom. The molecule has 0 saturated heterocycles. The summed E-state index contributed by atoms with van der Waals surface area (Å²) in [5, 5.41) is 18.2. The zero-order valence-corrected chi connectivity index (χ0v) is 13.5. The van der Waals surface area contributed by atoms with Crippen molar-refractivity contribution in [3.63, 3.8) is 0 Å². The summed E-state index contributed by atoms with van der Waals surface area (Å²) < 4.78 is 0. The van der Waals surface area contributed by atoms with E-state index in [1.165, 1.54) is 18.3 Å². The van der Waals surface area contributed by atoms with Crippen LogP contribution < -0.4 is 10.7 Å². The number of benzene rings is 2. The van der Waals surface area contributed by atoms with E-state index in [1.807, 2.05) is 30.3 Å². The molecular formula is C15H13ClN4O2S. The number of nitro groups is 1. The molecule has 8 heteroatoms. The third kappa shape index (κ3) is 5.32. The molecule has 0 radical (unpaired) electrons. The molecule has 0 bridgehead atoms. The van der Waals surface area contributed by atoms with Crippen molar-refractivity contribution in [1.29, 1.82) is 0 Å². The largest absolute Gasteiger partial charge is 0.357 e. The number of nitro benzene ring substituents is 1. The van der Waals surface area contributed by atoms with Crippen molar-refractivity contribution in [2.45, 2.75) is 6.54 Å². The maximum atomic E-state index is 10.8. The van der Waals surface area contributed by atoms with Crippen LogP contribution in [0.15, 0.2) is 53.6 Å². The highest BCUT2D eigenvalue weighted by atomic mass is 35.5. The number of halogens is 1. The Morgan fingerprint density at radius 3 is 2.74 bits per heavy atom. The maximum absolute atomic E-state index is 10.8. The molecule has 23 heavy (non-hydrogen) atoms. The molecule has 0 fully saturated rings. The van der Waals surface area contributed by atoms with Gasteiger partial charge in [0.25, 0.3) is 5.69 Å². The summed E-state index contributed by atoms with van der Waals surface area (Å²) in [4.78, 5) is 10.3. The van der Waals surface area contributed by atoms with E-state index in [2.05, 4.69) is 15.8 Å². The second-order valence-corrected chi connectivity index (χ2v) is 5.32. The van der Waals surface area contributed by atoms with Gasteiger partial charge in [0.05, 0.1) is 11.1 Å². The first-order chi connectivity index (χ1) is 11.1. The number of hydrazone groups is 1. The zero-order chi connectivity index (χ0) is 16.7. The molecule has 0 unspecified atom stereocenters. The highest BCUT2D eigenvalue weighted by molar-refractivity contribution is 7.80. The normalized spacial score (nSPS) is 10.5. The molecule has 118 valence electrons. The summed E-state index contributed by atoms with van der Waals surface area (Å²) in [7, 11) is 0. The Morgan fingerprint density at radius 2 is 2.04 bits per heavy atom. The summed E-state index contributed by atoms with van der Waals surface area (Å²) in [6.07, 6.45) is 1.43. The van der Waals surface area contributed by atoms with Gasteiger partial charge in [-0.3, -0.25) is 15.5 Å². The second-order valence-electron chi connectivity index (χ2n) is 4.51. The lowest BCUT2D eigenvalue weighted by atomic mass is 10.2. The summed E-state index contributed by atoms with van der Waals surface area (Å²) in [6.45, 7) is 0.578. The molecule has 0 spiro atoms. The van der Waals surface area contributed by atoms with Crippen molar-refractivity contribution in [2.75, 3.05) is 0 Å². The van der Waals surface area contributed by atoms with Crippen molar-refractivity contribution in [3.05, 3.63) is 74.8 Å². The molecule has 0 heterocycles. The van der Waals surface area contributed by atoms with Crippen LogP contribution >= 0.6 is 23.8 Å². The zero-order valence-electron chi connectivity index (χ0n) is 11.9. The molecule has 0 amide bonds. The van der Waals surface area contributed by atoms with Crippen molar-refractivity contribution in [3.8, 4) is 0 Å². The highest BCUT2D eigenvalue weighted by Gasteiger charge is 2.11. The van der Waals surface area contributed by atoms with E-state index in [0.717, 1.165) is 5.56 Å². The monoisotopic (exact) mass is 348 g/mol. The van der Waals surface area contributed by atoms with E-state index in [1.54, 1.807) is 6.07 Å². The molecule has 0 aliphatic carbocycles. The minimum atomic E-state index is -0.543. The highest BCUT2D eigenvalue weighted by Crippen LogP contribution is 2.24. The van der Waals surface area contributed by atoms with Gasteiger partial charge in [0.1, 0.15) is 5.02 Å². The molecule has 0 aromatic heterocycles. The predicted octanol–water partition coefficient (Wildman–Crippen LogP) is 3.25. The van der Waals surface area contributed by atoms with Crippen molar-refractivity contribution in [2.24, 2.45) is 5.10 Å². The molecule has 0 saturated carbocycles. The number of hydrogen-bond donors (Lipinski definition) is 2. The predicted molar refractivity (Wildman–Crippen MR) is 94.7 cm³/mol. The average Bonchev–Trinajstić information content (AvgIpc) is 2.55. The number of nitrogens with one attached hydrogen (secondary N) is 2. The fourth-order valence-corrected chi connectivity index (χ4v) is 2.04. The van der Waals surface area contributed by atoms with Gasteiger partial charge in [-0.15, -0.1) is 0 Å². The Hall–Kier alpha value is -2.51. The lowest BCUT2D eigenvalue weighted by Crippen LogP contribution is -2.31. The Labute approximate surface area is 143 Å². The summed E-state index contributed by atoms with van der Waals surface area (Å²) in [5.74, 6) is 0. The van der Waals surface area contributed by atoms with Gasteiger partial charge in [-0.1, -0.05) is 48.0 Å². The second kappa shape index (κ2) is 8.21. The summed E-state index contributed by atoms with van der Waals surface area (Å²) in [5.41, 5.74) is 4.12. The SMILES string of the molecule is O=[N+]([O-])c1cc(/C=N\NC(=S)NCc2ccccc2)ccc1Cl. The minimum absolute atomic E-state index is 0.0835. The van der Waals surface area contributed by atoms with E-state index >= 15 is 0 Å². The average molecular weight is 349 g/mol. The summed E-state index contributed by atoms with van der Waals surface area (Å²) >= 11 is 10.8. The Kier molecular flexibility index (Phi) is 6.02. The van der Waals surface area contributed by atoms with Crippen molar-refractivity contribution < 1.29 is 4.92 Å². The van der Waals surface area contributed by atoms with Crippen LogP contribution in [0.4, 0.5) is 5.69 Å². The van der Waals surface area contributed by atoms with Gasteiger partial charge in [0.15, 0.2) is 5.11 Å². The Balaban J connectivity index is 1.87. The van der Waals surface area contributed by atoms with E-state index in [9.17, 15) is 10.1 Å². The standard InChI is InChI=1S/C15H13ClN4O2S/c16-13-7-6-12(8-14(13)20(21)22)10-18-19-15(23)17-9-11-4-2-1-3-5-11/h1-8,10H,9H2,(H2,17,19,23)/b18-10-. The topological polar surface area (TPSA) is 79.6 Å². The van der Waals surface area contributed by atoms with Crippen molar-refractivity contribution in [1.82, 2.24) is 10.7 Å². The van der Waals surface area contributed by atoms with Crippen LogP contribution in [0.25, 0.3) is 0 Å². The molecule has 0 atom stereocenters. The molecule has 2 aromatic rings. The van der Waals surface area contributed by atoms with E-state index in [-0.39, 0.29) is 10.7 Å². The van der Waals surface area contributed by atoms with Crippen LogP contribution in [0.5, 0.6) is 0 Å². The minimum Gasteiger partial charge on any atom is -0.357 e. The summed E-state index contributed by atoms with van der Waals surface area (Å²) in [6, 6.07) is 14.2. The van der Waals surface area contributed by atoms with Gasteiger partial charge in [0.2, 0.25) is 0 Å². The van der Waals surface area contributed by atoms with Gasteiger partial charge in [-0.25, -0.2) is 0 Å². The molecule has 2 rings (SSSR count). The van der Waals surface area contributed by atoms with Gasteiger partial charge < -0.3 is 5.32 Å². The lowest BCUT2D eigenvalue weighted by Gasteiger charge is -2.06. The fourth-order valence-electron chi connectivity index (χ4n) is 1.73. The third-order valence-electron chi connectivity index (χ3n) is 2.84. The maximum Gasteiger partial charge on any atom is 0.288 e. The molecule has 6 nitrogen and oxygen atoms in total. The van der Waals surface area contributed by atoms with Crippen LogP contribution in [0, 0.1) is 10.1 Å². The number of thiocarbonyl (C=S) groups is 1. The number of rotatable bonds is 5. The van der Waals surface area contributed by atoms with E-state index < -0.39 is 4.92 Å². The number of nitrogens with zero attached hydrogens (tertiary/aromatic N) is 2. The molecular weight excluding hydrogens is 336 g/mol. The molecule has 0 aliphatic heterocycles. The van der Waals surface area contributed by atoms with Gasteiger partial charge in [0, 0.05) is 18.2 Å². The number of hydrogen-bond acceptors (Lipinski definition) is 4. The van der Waals surface area contributed by atoms with Crippen LogP contribution in [-0.2, 0) is 6.54 Å². The first-order valence-electron chi connectivity index (χ1n) is 6.61. The van der Waals surface area contributed by atoms with Gasteiger partial charge in [-0.2, -0.15) is 5.10 Å². The van der Waals surface area contributed by atoms with E-state index in [4.69, 9.17) is 23.8 Å². The first kappa shape index (κ1) is 16.9. The third-order valence-corrected chi connectivity index (χ3v) is 3.40. The van der Waals surface area contributed by atoms with Crippen LogP contribution in [0.2, 0.25) is 5.02 Å². The molecule has 2 aromatic carbocycles. The van der Waals surface area contributed by atoms with Gasteiger partial charge >= 0.3 is 0 Å². The van der Waals surface area contributed by atoms with Crippen LogP contribution in [0.1, 0.15) is 11.1 Å².